The zero-order valence-corrected chi connectivity index (χ0v) is 15.8. The van der Waals surface area contributed by atoms with Crippen LogP contribution in [0.1, 0.15) is 5.69 Å². The van der Waals surface area contributed by atoms with E-state index >= 15 is 0 Å². The van der Waals surface area contributed by atoms with Crippen molar-refractivity contribution in [1.29, 1.82) is 0 Å². The second-order valence-electron chi connectivity index (χ2n) is 6.41. The van der Waals surface area contributed by atoms with Gasteiger partial charge in [0.2, 0.25) is 11.7 Å². The molecular weight excluding hydrogens is 388 g/mol. The number of anilines is 1. The van der Waals surface area contributed by atoms with Crippen LogP contribution in [0.4, 0.5) is 11.5 Å². The average molecular weight is 404 g/mol. The molecule has 0 spiro atoms. The number of aromatic nitrogens is 6. The molecule has 1 amide bonds. The molecule has 0 aliphatic carbocycles. The largest absolute Gasteiger partial charge is 0.309 e. The Hall–Kier alpha value is -4.41. The number of amides is 1. The zero-order valence-electron chi connectivity index (χ0n) is 15.8. The van der Waals surface area contributed by atoms with Crippen molar-refractivity contribution < 1.29 is 9.72 Å². The zero-order chi connectivity index (χ0) is 21.1. The molecule has 0 aliphatic heterocycles. The monoisotopic (exact) mass is 404 g/mol. The minimum atomic E-state index is -0.477. The third-order valence-corrected chi connectivity index (χ3v) is 4.17. The van der Waals surface area contributed by atoms with Gasteiger partial charge in [-0.2, -0.15) is 9.90 Å². The number of benzene rings is 2. The van der Waals surface area contributed by atoms with E-state index in [4.69, 9.17) is 0 Å². The number of carbonyl (C=O) groups is 1. The van der Waals surface area contributed by atoms with Crippen molar-refractivity contribution in [3.8, 4) is 17.1 Å². The van der Waals surface area contributed by atoms with E-state index in [1.807, 2.05) is 30.3 Å². The summed E-state index contributed by atoms with van der Waals surface area (Å²) in [5.41, 5.74) is 2.03. The number of nitro benzene ring substituents is 1. The molecule has 2 aromatic carbocycles. The molecule has 30 heavy (non-hydrogen) atoms. The maximum absolute atomic E-state index is 12.5. The van der Waals surface area contributed by atoms with Crippen LogP contribution in [0.25, 0.3) is 17.1 Å². The van der Waals surface area contributed by atoms with Crippen molar-refractivity contribution in [2.75, 3.05) is 5.32 Å². The second-order valence-corrected chi connectivity index (χ2v) is 6.41. The smallest absolute Gasteiger partial charge is 0.269 e. The quantitative estimate of drug-likeness (QED) is 0.385. The summed E-state index contributed by atoms with van der Waals surface area (Å²) in [6.45, 7) is 1.65. The summed E-state index contributed by atoms with van der Waals surface area (Å²) in [4.78, 5) is 24.1. The molecule has 4 aromatic rings. The molecule has 4 rings (SSSR count). The first-order valence-electron chi connectivity index (χ1n) is 8.94. The molecule has 0 saturated heterocycles. The first-order chi connectivity index (χ1) is 14.5. The van der Waals surface area contributed by atoms with Crippen molar-refractivity contribution >= 4 is 17.4 Å². The fourth-order valence-corrected chi connectivity index (χ4v) is 2.82. The van der Waals surface area contributed by atoms with Crippen LogP contribution in [0.15, 0.2) is 60.7 Å². The number of hydrogen-bond acceptors (Lipinski definition) is 7. The van der Waals surface area contributed by atoms with Crippen LogP contribution in [0.2, 0.25) is 0 Å². The molecule has 0 atom stereocenters. The molecule has 11 nitrogen and oxygen atoms in total. The maximum Gasteiger partial charge on any atom is 0.269 e. The van der Waals surface area contributed by atoms with Crippen LogP contribution in [0.5, 0.6) is 0 Å². The summed E-state index contributed by atoms with van der Waals surface area (Å²) in [6.07, 6.45) is 0. The van der Waals surface area contributed by atoms with Crippen LogP contribution in [0, 0.1) is 17.0 Å². The topological polar surface area (TPSA) is 134 Å². The Morgan fingerprint density at radius 1 is 1.10 bits per heavy atom. The summed E-state index contributed by atoms with van der Waals surface area (Å²) in [5, 5.41) is 30.0. The molecule has 0 aliphatic rings. The first kappa shape index (κ1) is 18.9. The van der Waals surface area contributed by atoms with Crippen LogP contribution in [0.3, 0.4) is 0 Å². The highest BCUT2D eigenvalue weighted by Crippen LogP contribution is 2.20. The molecule has 2 heterocycles. The van der Waals surface area contributed by atoms with E-state index in [1.54, 1.807) is 25.1 Å². The maximum atomic E-state index is 12.5. The van der Waals surface area contributed by atoms with Crippen molar-refractivity contribution in [2.24, 2.45) is 0 Å². The number of rotatable bonds is 6. The molecule has 11 heteroatoms. The van der Waals surface area contributed by atoms with E-state index in [-0.39, 0.29) is 18.1 Å². The second kappa shape index (κ2) is 7.91. The molecule has 150 valence electrons. The lowest BCUT2D eigenvalue weighted by Gasteiger charge is -2.08. The minimum Gasteiger partial charge on any atom is -0.309 e. The number of carbonyl (C=O) groups excluding carboxylic acids is 1. The SMILES string of the molecule is Cc1cc(NC(=O)Cn2nnc(-c3ccccc3)n2)n(-c2ccc([N+](=O)[O-])cc2)n1. The number of tetrazole rings is 1. The average Bonchev–Trinajstić information content (AvgIpc) is 3.35. The van der Waals surface area contributed by atoms with Gasteiger partial charge in [-0.15, -0.1) is 10.2 Å². The van der Waals surface area contributed by atoms with Gasteiger partial charge in [0, 0.05) is 23.8 Å². The molecule has 0 fully saturated rings. The fraction of sp³-hybridized carbons (Fsp3) is 0.105. The molecule has 0 radical (unpaired) electrons. The highest BCUT2D eigenvalue weighted by molar-refractivity contribution is 5.90. The van der Waals surface area contributed by atoms with Gasteiger partial charge in [-0.25, -0.2) is 4.68 Å². The van der Waals surface area contributed by atoms with E-state index < -0.39 is 4.92 Å². The molecule has 0 unspecified atom stereocenters. The summed E-state index contributed by atoms with van der Waals surface area (Å²) >= 11 is 0. The lowest BCUT2D eigenvalue weighted by atomic mass is 10.2. The highest BCUT2D eigenvalue weighted by Gasteiger charge is 2.14. The summed E-state index contributed by atoms with van der Waals surface area (Å²) in [6, 6.07) is 16.9. The lowest BCUT2D eigenvalue weighted by Crippen LogP contribution is -2.22. The normalized spacial score (nSPS) is 10.7. The minimum absolute atomic E-state index is 0.0281. The Morgan fingerprint density at radius 3 is 2.53 bits per heavy atom. The van der Waals surface area contributed by atoms with Gasteiger partial charge in [-0.05, 0) is 24.3 Å². The van der Waals surface area contributed by atoms with Crippen molar-refractivity contribution in [1.82, 2.24) is 30.0 Å². The van der Waals surface area contributed by atoms with E-state index in [1.165, 1.54) is 21.6 Å². The van der Waals surface area contributed by atoms with Crippen LogP contribution in [-0.2, 0) is 11.3 Å². The molecule has 0 bridgehead atoms. The van der Waals surface area contributed by atoms with Gasteiger partial charge >= 0.3 is 0 Å². The Morgan fingerprint density at radius 2 is 1.83 bits per heavy atom. The summed E-state index contributed by atoms with van der Waals surface area (Å²) < 4.78 is 1.50. The van der Waals surface area contributed by atoms with E-state index in [0.717, 1.165) is 5.56 Å². The summed E-state index contributed by atoms with van der Waals surface area (Å²) in [5.74, 6) is 0.486. The molecule has 1 N–H and O–H groups in total. The predicted molar refractivity (Wildman–Crippen MR) is 107 cm³/mol. The number of hydrogen-bond donors (Lipinski definition) is 1. The third kappa shape index (κ3) is 4.04. The molecular formula is C19H16N8O3. The van der Waals surface area contributed by atoms with Gasteiger partial charge in [-0.1, -0.05) is 30.3 Å². The van der Waals surface area contributed by atoms with E-state index in [0.29, 0.717) is 23.0 Å². The van der Waals surface area contributed by atoms with Crippen molar-refractivity contribution in [3.05, 3.63) is 76.5 Å². The van der Waals surface area contributed by atoms with Crippen LogP contribution < -0.4 is 5.32 Å². The Balaban J connectivity index is 1.49. The van der Waals surface area contributed by atoms with Gasteiger partial charge < -0.3 is 5.32 Å². The van der Waals surface area contributed by atoms with Crippen molar-refractivity contribution in [3.63, 3.8) is 0 Å². The number of aryl methyl sites for hydroxylation is 1. The number of nitro groups is 1. The van der Waals surface area contributed by atoms with Gasteiger partial charge in [-0.3, -0.25) is 14.9 Å². The van der Waals surface area contributed by atoms with E-state index in [2.05, 4.69) is 25.8 Å². The van der Waals surface area contributed by atoms with Gasteiger partial charge in [0.1, 0.15) is 12.4 Å². The highest BCUT2D eigenvalue weighted by atomic mass is 16.6. The fourth-order valence-electron chi connectivity index (χ4n) is 2.82. The Bertz CT molecular complexity index is 1200. The van der Waals surface area contributed by atoms with Gasteiger partial charge in [0.25, 0.3) is 5.69 Å². The number of nitrogens with zero attached hydrogens (tertiary/aromatic N) is 7. The Labute approximate surface area is 170 Å². The first-order valence-corrected chi connectivity index (χ1v) is 8.94. The third-order valence-electron chi connectivity index (χ3n) is 4.17. The lowest BCUT2D eigenvalue weighted by molar-refractivity contribution is -0.384. The standard InChI is InChI=1S/C19H16N8O3/c1-13-11-17(26(22-13)15-7-9-16(10-8-15)27(29)30)20-18(28)12-25-23-19(21-24-25)14-5-3-2-4-6-14/h2-11H,12H2,1H3,(H,20,28). The predicted octanol–water partition coefficient (Wildman–Crippen LogP) is 2.38. The number of nitrogens with one attached hydrogen (secondary N) is 1. The number of non-ortho nitro benzene ring substituents is 1. The summed E-state index contributed by atoms with van der Waals surface area (Å²) in [7, 11) is 0. The molecule has 2 aromatic heterocycles. The van der Waals surface area contributed by atoms with Crippen LogP contribution >= 0.6 is 0 Å². The van der Waals surface area contributed by atoms with Gasteiger partial charge in [0.05, 0.1) is 16.3 Å². The Kier molecular flexibility index (Phi) is 4.99. The van der Waals surface area contributed by atoms with Crippen LogP contribution in [-0.4, -0.2) is 40.8 Å². The molecule has 0 saturated carbocycles. The van der Waals surface area contributed by atoms with Crippen molar-refractivity contribution in [2.45, 2.75) is 13.5 Å². The van der Waals surface area contributed by atoms with Gasteiger partial charge in [0.15, 0.2) is 0 Å². The van der Waals surface area contributed by atoms with E-state index in [9.17, 15) is 14.9 Å².